The minimum Gasteiger partial charge on any atom is -0.493 e. The van der Waals surface area contributed by atoms with E-state index in [4.69, 9.17) is 16.3 Å². The van der Waals surface area contributed by atoms with Crippen molar-refractivity contribution in [2.45, 2.75) is 48.8 Å². The average molecular weight is 321 g/mol. The summed E-state index contributed by atoms with van der Waals surface area (Å²) in [6, 6.07) is 0.415. The first-order chi connectivity index (χ1) is 13.4. The van der Waals surface area contributed by atoms with Crippen LogP contribution >= 0.6 is 0 Å². The van der Waals surface area contributed by atoms with Crippen molar-refractivity contribution in [1.82, 2.24) is 4.90 Å². The van der Waals surface area contributed by atoms with E-state index in [2.05, 4.69) is 0 Å². The normalized spacial score (nSPS) is 50.3. The maximum atomic E-state index is 12.8. The molecule has 1 spiro atoms. The number of nitrogens with zero attached hydrogens (tertiary/aromatic N) is 1. The Balaban J connectivity index is 1.93. The zero-order valence-electron chi connectivity index (χ0n) is 18.7. The van der Waals surface area contributed by atoms with E-state index in [-0.39, 0.29) is 42.9 Å². The summed E-state index contributed by atoms with van der Waals surface area (Å²) in [4.78, 5) is 13.6. The first-order valence-electron chi connectivity index (χ1n) is 10.8. The highest BCUT2D eigenvalue weighted by molar-refractivity contribution is 5.90. The predicted octanol–water partition coefficient (Wildman–Crippen LogP) is 1.05. The van der Waals surface area contributed by atoms with Gasteiger partial charge in [-0.15, -0.1) is 0 Å². The molecule has 0 aromatic heterocycles. The second-order valence-electron chi connectivity index (χ2n) is 6.69. The molecule has 23 heavy (non-hydrogen) atoms. The number of carbonyl (C=O) groups excluding carboxylic acids is 1. The molecule has 5 rings (SSSR count). The molecule has 1 saturated heterocycles. The average Bonchev–Trinajstić information content (AvgIpc) is 2.98. The van der Waals surface area contributed by atoms with Gasteiger partial charge in [-0.05, 0) is 44.4 Å². The smallest absolute Gasteiger partial charge is 0.174 e. The number of likely N-dealkylation sites (N-methyl/N-ethyl adjacent to an activating group) is 1. The summed E-state index contributed by atoms with van der Waals surface area (Å²) in [6.07, 6.45) is -3.93. The summed E-state index contributed by atoms with van der Waals surface area (Å²) in [5.41, 5.74) is -3.12. The van der Waals surface area contributed by atoms with E-state index in [0.29, 0.717) is 11.3 Å². The lowest BCUT2D eigenvalue weighted by Crippen LogP contribution is -2.76. The van der Waals surface area contributed by atoms with Gasteiger partial charge in [0, 0.05) is 24.9 Å². The fourth-order valence-electron chi connectivity index (χ4n) is 4.87. The van der Waals surface area contributed by atoms with Crippen LogP contribution in [0.15, 0.2) is 12.1 Å². The van der Waals surface area contributed by atoms with Gasteiger partial charge in [-0.1, -0.05) is 6.07 Å². The van der Waals surface area contributed by atoms with Crippen molar-refractivity contribution in [3.63, 3.8) is 0 Å². The number of benzene rings is 1. The molecular formula is C18H21NO4. The van der Waals surface area contributed by atoms with E-state index in [1.54, 1.807) is 0 Å². The topological polar surface area (TPSA) is 59.0 Å². The second-order valence-corrected chi connectivity index (χ2v) is 6.69. The van der Waals surface area contributed by atoms with Crippen LogP contribution in [0, 0.1) is 0 Å². The van der Waals surface area contributed by atoms with Crippen molar-refractivity contribution in [3.8, 4) is 11.5 Å². The van der Waals surface area contributed by atoms with Crippen LogP contribution in [0.5, 0.6) is 11.5 Å². The first-order valence-corrected chi connectivity index (χ1v) is 7.79. The van der Waals surface area contributed by atoms with Crippen LogP contribution in [0.2, 0.25) is 0 Å². The monoisotopic (exact) mass is 321 g/mol. The lowest BCUT2D eigenvalue weighted by atomic mass is 9.49. The fourth-order valence-corrected chi connectivity index (χ4v) is 4.87. The number of aliphatic hydroxyl groups is 1. The van der Waals surface area contributed by atoms with Gasteiger partial charge in [0.15, 0.2) is 23.4 Å². The summed E-state index contributed by atoms with van der Waals surface area (Å²) in [5.74, 6) is 0.275. The largest absolute Gasteiger partial charge is 0.493 e. The van der Waals surface area contributed by atoms with Crippen LogP contribution in [0.1, 0.15) is 38.6 Å². The molecule has 5 heteroatoms. The molecule has 1 saturated carbocycles. The molecule has 2 aliphatic carbocycles. The molecular weight excluding hydrogens is 294 g/mol. The molecule has 1 unspecified atom stereocenters. The number of rotatable bonds is 1. The van der Waals surface area contributed by atoms with Gasteiger partial charge >= 0.3 is 0 Å². The number of methoxy groups -OCH3 is 1. The van der Waals surface area contributed by atoms with Crippen molar-refractivity contribution in [1.29, 1.82) is 0 Å². The first kappa shape index (κ1) is 9.04. The Bertz CT molecular complexity index is 951. The third-order valence-electron chi connectivity index (χ3n) is 5.88. The molecule has 1 N–H and O–H groups in total. The van der Waals surface area contributed by atoms with Crippen LogP contribution in [0.3, 0.4) is 0 Å². The Morgan fingerprint density at radius 2 is 2.43 bits per heavy atom. The van der Waals surface area contributed by atoms with Crippen LogP contribution < -0.4 is 9.47 Å². The Hall–Kier alpha value is -1.59. The zero-order valence-corrected chi connectivity index (χ0v) is 12.7. The Labute approximate surface area is 143 Å². The SMILES string of the molecule is [2H]C([2H])([2H])N1CC[C@]23c4c5ccc(OC)c4OC2C(=O)CC[C@@]3(O)[C@@]1([2H])C5([2H])[2H]. The lowest BCUT2D eigenvalue weighted by Gasteiger charge is -2.62. The van der Waals surface area contributed by atoms with Gasteiger partial charge in [-0.25, -0.2) is 0 Å². The summed E-state index contributed by atoms with van der Waals surface area (Å²) < 4.78 is 62.2. The fraction of sp³-hybridized carbons (Fsp3) is 0.611. The maximum Gasteiger partial charge on any atom is 0.174 e. The van der Waals surface area contributed by atoms with Crippen LogP contribution in [-0.4, -0.2) is 54.1 Å². The third-order valence-corrected chi connectivity index (χ3v) is 5.88. The summed E-state index contributed by atoms with van der Waals surface area (Å²) >= 11 is 0. The summed E-state index contributed by atoms with van der Waals surface area (Å²) in [5, 5.41) is 12.0. The van der Waals surface area contributed by atoms with Crippen molar-refractivity contribution >= 4 is 5.78 Å². The van der Waals surface area contributed by atoms with Crippen LogP contribution in [-0.2, 0) is 16.6 Å². The highest BCUT2D eigenvalue weighted by Crippen LogP contribution is 2.64. The number of Topliss-reactive ketones (excluding diaryl/α,β-unsaturated/α-hetero) is 1. The van der Waals surface area contributed by atoms with Gasteiger partial charge in [0.1, 0.15) is 0 Å². The van der Waals surface area contributed by atoms with Crippen LogP contribution in [0.4, 0.5) is 0 Å². The molecule has 4 atom stereocenters. The Morgan fingerprint density at radius 1 is 1.57 bits per heavy atom. The highest BCUT2D eigenvalue weighted by atomic mass is 16.5. The molecule has 1 aromatic carbocycles. The van der Waals surface area contributed by atoms with Crippen LogP contribution in [0.25, 0.3) is 0 Å². The van der Waals surface area contributed by atoms with E-state index < -0.39 is 36.5 Å². The van der Waals surface area contributed by atoms with Gasteiger partial charge in [0.2, 0.25) is 0 Å². The van der Waals surface area contributed by atoms with Gasteiger partial charge in [-0.2, -0.15) is 0 Å². The van der Waals surface area contributed by atoms with E-state index in [1.807, 2.05) is 0 Å². The zero-order chi connectivity index (χ0) is 21.2. The Morgan fingerprint density at radius 3 is 3.22 bits per heavy atom. The predicted molar refractivity (Wildman–Crippen MR) is 83.0 cm³/mol. The molecule has 0 amide bonds. The lowest BCUT2D eigenvalue weighted by molar-refractivity contribution is -0.185. The number of carbonyl (C=O) groups is 1. The number of hydrogen-bond acceptors (Lipinski definition) is 5. The van der Waals surface area contributed by atoms with Gasteiger partial charge in [-0.3, -0.25) is 4.79 Å². The number of piperidine rings is 1. The number of ether oxygens (including phenoxy) is 2. The third kappa shape index (κ3) is 1.32. The molecule has 2 fully saturated rings. The number of ketones is 1. The molecule has 2 aliphatic heterocycles. The molecule has 2 heterocycles. The number of hydrogen-bond donors (Lipinski definition) is 1. The van der Waals surface area contributed by atoms with Crippen molar-refractivity contribution in [2.24, 2.45) is 0 Å². The molecule has 0 radical (unpaired) electrons. The quantitative estimate of drug-likeness (QED) is 0.838. The minimum atomic E-state index is -2.80. The van der Waals surface area contributed by atoms with Gasteiger partial charge in [0.25, 0.3) is 0 Å². The van der Waals surface area contributed by atoms with E-state index >= 15 is 0 Å². The van der Waals surface area contributed by atoms with Crippen molar-refractivity contribution < 1.29 is 27.6 Å². The standard InChI is InChI=1S/C18H21NO4/c1-19-8-7-17-14-10-3-4-12(22-2)15(14)23-16(17)11(20)5-6-18(17,21)13(19)9-10/h3-4,13,16,21H,5-9H2,1-2H3/t13-,16?,17+,18-/m1/s1/i1D3,9D2,13D. The minimum absolute atomic E-state index is 0.0577. The van der Waals surface area contributed by atoms with Crippen molar-refractivity contribution in [2.75, 3.05) is 20.6 Å². The number of likely N-dealkylation sites (tertiary alicyclic amines) is 1. The molecule has 4 aliphatic rings. The molecule has 1 aromatic rings. The van der Waals surface area contributed by atoms with Gasteiger partial charge in [0.05, 0.1) is 19.5 Å². The molecule has 122 valence electrons. The molecule has 2 bridgehead atoms. The Kier molecular flexibility index (Phi) is 1.60. The van der Waals surface area contributed by atoms with E-state index in [0.717, 1.165) is 4.90 Å². The second kappa shape index (κ2) is 4.08. The van der Waals surface area contributed by atoms with E-state index in [9.17, 15) is 11.3 Å². The molecule has 5 nitrogen and oxygen atoms in total. The summed E-state index contributed by atoms with van der Waals surface area (Å²) in [6.45, 7) is -2.97. The van der Waals surface area contributed by atoms with Gasteiger partial charge < -0.3 is 19.5 Å². The van der Waals surface area contributed by atoms with Crippen molar-refractivity contribution in [3.05, 3.63) is 23.3 Å². The highest BCUT2D eigenvalue weighted by Gasteiger charge is 2.72. The summed E-state index contributed by atoms with van der Waals surface area (Å²) in [7, 11) is 1.43. The maximum absolute atomic E-state index is 12.8. The van der Waals surface area contributed by atoms with E-state index in [1.165, 1.54) is 19.2 Å².